The molecule has 0 saturated heterocycles. The van der Waals surface area contributed by atoms with Gasteiger partial charge in [0.15, 0.2) is 0 Å². The lowest BCUT2D eigenvalue weighted by atomic mass is 10.2. The van der Waals surface area contributed by atoms with Crippen molar-refractivity contribution in [3.8, 4) is 0 Å². The van der Waals surface area contributed by atoms with E-state index in [1.165, 1.54) is 6.07 Å². The minimum atomic E-state index is -3.59. The zero-order valence-corrected chi connectivity index (χ0v) is 11.7. The molecule has 0 aliphatic carbocycles. The quantitative estimate of drug-likeness (QED) is 0.828. The molecule has 4 nitrogen and oxygen atoms in total. The summed E-state index contributed by atoms with van der Waals surface area (Å²) >= 11 is 5.93. The fourth-order valence-corrected chi connectivity index (χ4v) is 3.06. The van der Waals surface area contributed by atoms with Crippen LogP contribution in [-0.4, -0.2) is 15.0 Å². The maximum Gasteiger partial charge on any atom is 0.242 e. The molecule has 0 heterocycles. The molecule has 0 aliphatic heterocycles. The number of halogens is 1. The van der Waals surface area contributed by atoms with Crippen LogP contribution >= 0.6 is 11.6 Å². The van der Waals surface area contributed by atoms with Crippen LogP contribution in [0.15, 0.2) is 17.0 Å². The van der Waals surface area contributed by atoms with Gasteiger partial charge in [0.1, 0.15) is 4.90 Å². The molecule has 0 atom stereocenters. The summed E-state index contributed by atoms with van der Waals surface area (Å²) in [4.78, 5) is 0.0305. The van der Waals surface area contributed by atoms with E-state index in [0.29, 0.717) is 12.2 Å². The molecular weight excluding hydrogens is 260 g/mol. The van der Waals surface area contributed by atoms with Gasteiger partial charge in [0, 0.05) is 12.2 Å². The Morgan fingerprint density at radius 2 is 2.00 bits per heavy atom. The summed E-state index contributed by atoms with van der Waals surface area (Å²) < 4.78 is 26.4. The third kappa shape index (κ3) is 3.59. The average Bonchev–Trinajstić information content (AvgIpc) is 2.20. The first-order chi connectivity index (χ1) is 7.74. The van der Waals surface area contributed by atoms with E-state index in [9.17, 15) is 8.42 Å². The van der Waals surface area contributed by atoms with Gasteiger partial charge in [0.05, 0.1) is 5.02 Å². The lowest BCUT2D eigenvalue weighted by molar-refractivity contribution is 0.560. The number of nitrogens with two attached hydrogens (primary N) is 1. The van der Waals surface area contributed by atoms with Crippen molar-refractivity contribution in [2.24, 2.45) is 5.92 Å². The number of benzene rings is 1. The normalized spacial score (nSPS) is 12.1. The zero-order chi connectivity index (χ0) is 13.2. The third-order valence-corrected chi connectivity index (χ3v) is 4.18. The van der Waals surface area contributed by atoms with Crippen LogP contribution in [0.1, 0.15) is 19.4 Å². The molecule has 3 N–H and O–H groups in total. The molecular formula is C11H17ClN2O2S. The van der Waals surface area contributed by atoms with Crippen LogP contribution in [0.25, 0.3) is 0 Å². The molecule has 0 aromatic heterocycles. The number of sulfonamides is 1. The molecule has 0 unspecified atom stereocenters. The monoisotopic (exact) mass is 276 g/mol. The minimum Gasteiger partial charge on any atom is -0.398 e. The number of nitrogen functional groups attached to an aromatic ring is 1. The Labute approximate surface area is 107 Å². The molecule has 1 aromatic rings. The Bertz CT molecular complexity index is 512. The van der Waals surface area contributed by atoms with Gasteiger partial charge in [-0.2, -0.15) is 0 Å². The van der Waals surface area contributed by atoms with E-state index in [0.717, 1.165) is 5.56 Å². The smallest absolute Gasteiger partial charge is 0.242 e. The summed E-state index contributed by atoms with van der Waals surface area (Å²) in [5, 5.41) is 0.188. The molecule has 1 rings (SSSR count). The topological polar surface area (TPSA) is 72.2 Å². The zero-order valence-electron chi connectivity index (χ0n) is 10.1. The summed E-state index contributed by atoms with van der Waals surface area (Å²) in [7, 11) is -3.59. The predicted molar refractivity (Wildman–Crippen MR) is 70.6 cm³/mol. The van der Waals surface area contributed by atoms with E-state index in [4.69, 9.17) is 17.3 Å². The number of aryl methyl sites for hydroxylation is 1. The van der Waals surface area contributed by atoms with Crippen molar-refractivity contribution in [3.05, 3.63) is 22.7 Å². The van der Waals surface area contributed by atoms with E-state index in [1.807, 2.05) is 13.8 Å². The van der Waals surface area contributed by atoms with Gasteiger partial charge in [0.2, 0.25) is 10.0 Å². The first-order valence-electron chi connectivity index (χ1n) is 5.29. The van der Waals surface area contributed by atoms with Crippen molar-refractivity contribution in [2.45, 2.75) is 25.7 Å². The van der Waals surface area contributed by atoms with Gasteiger partial charge in [-0.05, 0) is 30.5 Å². The van der Waals surface area contributed by atoms with Crippen molar-refractivity contribution >= 4 is 27.3 Å². The highest BCUT2D eigenvalue weighted by atomic mass is 35.5. The minimum absolute atomic E-state index is 0.0305. The highest BCUT2D eigenvalue weighted by Gasteiger charge is 2.19. The molecule has 0 bridgehead atoms. The summed E-state index contributed by atoms with van der Waals surface area (Å²) in [6.07, 6.45) is 0. The second kappa shape index (κ2) is 5.25. The number of nitrogens with one attached hydrogen (secondary N) is 1. The van der Waals surface area contributed by atoms with Crippen molar-refractivity contribution in [1.29, 1.82) is 0 Å². The first kappa shape index (κ1) is 14.3. The number of rotatable bonds is 4. The Kier molecular flexibility index (Phi) is 4.41. The summed E-state index contributed by atoms with van der Waals surface area (Å²) in [5.41, 5.74) is 6.87. The van der Waals surface area contributed by atoms with Crippen LogP contribution in [0, 0.1) is 12.8 Å². The van der Waals surface area contributed by atoms with E-state index < -0.39 is 10.0 Å². The molecule has 1 aromatic carbocycles. The Morgan fingerprint density at radius 1 is 1.41 bits per heavy atom. The molecule has 0 fully saturated rings. The fraction of sp³-hybridized carbons (Fsp3) is 0.455. The molecule has 0 amide bonds. The van der Waals surface area contributed by atoms with Gasteiger partial charge < -0.3 is 5.73 Å². The number of hydrogen-bond donors (Lipinski definition) is 2. The van der Waals surface area contributed by atoms with E-state index in [2.05, 4.69) is 4.72 Å². The highest BCUT2D eigenvalue weighted by Crippen LogP contribution is 2.26. The second-order valence-corrected chi connectivity index (χ2v) is 6.53. The van der Waals surface area contributed by atoms with Crippen LogP contribution in [0.5, 0.6) is 0 Å². The highest BCUT2D eigenvalue weighted by molar-refractivity contribution is 7.89. The predicted octanol–water partition coefficient (Wildman–Crippen LogP) is 2.16. The molecule has 0 saturated carbocycles. The SMILES string of the molecule is Cc1cc(Cl)c(S(=O)(=O)NCC(C)C)cc1N. The van der Waals surface area contributed by atoms with Gasteiger partial charge in [-0.25, -0.2) is 13.1 Å². The first-order valence-corrected chi connectivity index (χ1v) is 7.15. The Hall–Kier alpha value is -0.780. The van der Waals surface area contributed by atoms with E-state index >= 15 is 0 Å². The van der Waals surface area contributed by atoms with Gasteiger partial charge in [-0.3, -0.25) is 0 Å². The summed E-state index contributed by atoms with van der Waals surface area (Å²) in [6.45, 7) is 5.99. The average molecular weight is 277 g/mol. The van der Waals surface area contributed by atoms with Crippen molar-refractivity contribution in [3.63, 3.8) is 0 Å². The molecule has 17 heavy (non-hydrogen) atoms. The lowest BCUT2D eigenvalue weighted by Gasteiger charge is -2.11. The molecule has 6 heteroatoms. The summed E-state index contributed by atoms with van der Waals surface area (Å²) in [6, 6.07) is 2.95. The standard InChI is InChI=1S/C11H17ClN2O2S/c1-7(2)6-14-17(15,16)11-5-10(13)8(3)4-9(11)12/h4-5,7,14H,6,13H2,1-3H3. The van der Waals surface area contributed by atoms with Crippen LogP contribution in [0.4, 0.5) is 5.69 Å². The molecule has 0 radical (unpaired) electrons. The maximum absolute atomic E-state index is 12.0. The van der Waals surface area contributed by atoms with Gasteiger partial charge >= 0.3 is 0 Å². The van der Waals surface area contributed by atoms with Gasteiger partial charge in [0.25, 0.3) is 0 Å². The van der Waals surface area contributed by atoms with Crippen molar-refractivity contribution < 1.29 is 8.42 Å². The van der Waals surface area contributed by atoms with Crippen LogP contribution < -0.4 is 10.5 Å². The number of hydrogen-bond acceptors (Lipinski definition) is 3. The van der Waals surface area contributed by atoms with E-state index in [1.54, 1.807) is 13.0 Å². The maximum atomic E-state index is 12.0. The van der Waals surface area contributed by atoms with Crippen molar-refractivity contribution in [2.75, 3.05) is 12.3 Å². The van der Waals surface area contributed by atoms with Crippen LogP contribution in [0.3, 0.4) is 0 Å². The third-order valence-electron chi connectivity index (χ3n) is 2.29. The second-order valence-electron chi connectivity index (χ2n) is 4.38. The summed E-state index contributed by atoms with van der Waals surface area (Å²) in [5.74, 6) is 0.228. The Balaban J connectivity index is 3.11. The fourth-order valence-electron chi connectivity index (χ4n) is 1.23. The molecule has 0 spiro atoms. The Morgan fingerprint density at radius 3 is 2.53 bits per heavy atom. The van der Waals surface area contributed by atoms with Gasteiger partial charge in [-0.15, -0.1) is 0 Å². The lowest BCUT2D eigenvalue weighted by Crippen LogP contribution is -2.27. The largest absolute Gasteiger partial charge is 0.398 e. The number of anilines is 1. The van der Waals surface area contributed by atoms with Crippen molar-refractivity contribution in [1.82, 2.24) is 4.72 Å². The molecule has 0 aliphatic rings. The van der Waals surface area contributed by atoms with Gasteiger partial charge in [-0.1, -0.05) is 25.4 Å². The molecule has 96 valence electrons. The van der Waals surface area contributed by atoms with Crippen LogP contribution in [-0.2, 0) is 10.0 Å². The van der Waals surface area contributed by atoms with E-state index in [-0.39, 0.29) is 15.8 Å². The van der Waals surface area contributed by atoms with Crippen LogP contribution in [0.2, 0.25) is 5.02 Å².